The first-order chi connectivity index (χ1) is 13.2. The van der Waals surface area contributed by atoms with Crippen molar-refractivity contribution in [2.45, 2.75) is 24.5 Å². The number of hydrogen-bond donors (Lipinski definition) is 9. The first-order valence-electron chi connectivity index (χ1n) is 7.39. The summed E-state index contributed by atoms with van der Waals surface area (Å²) in [4.78, 5) is 61.8. The second kappa shape index (κ2) is 8.81. The van der Waals surface area contributed by atoms with E-state index in [1.54, 1.807) is 0 Å². The van der Waals surface area contributed by atoms with E-state index in [2.05, 4.69) is 31.3 Å². The minimum Gasteiger partial charge on any atom is -0.387 e. The number of imidazole rings is 1. The van der Waals surface area contributed by atoms with Crippen molar-refractivity contribution in [2.75, 3.05) is 12.3 Å². The molecule has 0 saturated carbocycles. The van der Waals surface area contributed by atoms with Crippen molar-refractivity contribution in [3.05, 3.63) is 16.7 Å². The fourth-order valence-corrected chi connectivity index (χ4v) is 2.74. The lowest BCUT2D eigenvalue weighted by Gasteiger charge is -2.16. The number of rotatable bonds is 4. The van der Waals surface area contributed by atoms with Crippen LogP contribution >= 0.6 is 14.5 Å². The number of aromatic amines is 1. The molecule has 3 heterocycles. The van der Waals surface area contributed by atoms with E-state index in [4.69, 9.17) is 34.9 Å². The van der Waals surface area contributed by atoms with Gasteiger partial charge in [-0.2, -0.15) is 4.98 Å². The first kappa shape index (κ1) is 23.9. The molecule has 0 bridgehead atoms. The third-order valence-electron chi connectivity index (χ3n) is 3.47. The summed E-state index contributed by atoms with van der Waals surface area (Å²) in [6.45, 7) is -4.46. The van der Waals surface area contributed by atoms with Crippen LogP contribution < -0.4 is 11.3 Å². The SMILES string of the molecule is Nc1nc2c(ncn2[C@@H]2O[C@H](COP(=O)(O)O)[C@@H](O)[C@H]2O)c(=O)[nH]1.OP(O)(O)=S. The van der Waals surface area contributed by atoms with Gasteiger partial charge in [-0.15, -0.1) is 0 Å². The van der Waals surface area contributed by atoms with Gasteiger partial charge in [0.15, 0.2) is 17.4 Å². The molecule has 1 saturated heterocycles. The van der Waals surface area contributed by atoms with E-state index in [9.17, 15) is 19.6 Å². The molecule has 4 atom stereocenters. The molecule has 0 aromatic carbocycles. The normalized spacial score (nSPS) is 25.1. The number of hydrogen-bond acceptors (Lipinski definition) is 10. The summed E-state index contributed by atoms with van der Waals surface area (Å²) >= 11 is 3.60. The van der Waals surface area contributed by atoms with Crippen molar-refractivity contribution in [1.82, 2.24) is 19.5 Å². The summed E-state index contributed by atoms with van der Waals surface area (Å²) in [7, 11) is -4.76. The monoisotopic (exact) mass is 477 g/mol. The Bertz CT molecular complexity index is 1010. The summed E-state index contributed by atoms with van der Waals surface area (Å²) in [6.07, 6.45) is -4.22. The number of aromatic nitrogens is 4. The topological polar surface area (TPSA) is 267 Å². The van der Waals surface area contributed by atoms with Crippen molar-refractivity contribution in [1.29, 1.82) is 0 Å². The Hall–Kier alpha value is -1.33. The van der Waals surface area contributed by atoms with Crippen LogP contribution in [-0.4, -0.2) is 79.1 Å². The first-order valence-corrected chi connectivity index (χ1v) is 11.6. The summed E-state index contributed by atoms with van der Waals surface area (Å²) < 4.78 is 21.6. The zero-order valence-electron chi connectivity index (χ0n) is 14.1. The molecule has 1 aliphatic rings. The second-order valence-corrected chi connectivity index (χ2v) is 9.36. The maximum atomic E-state index is 11.7. The molecule has 164 valence electrons. The molecule has 10 N–H and O–H groups in total. The number of H-pyrrole nitrogens is 1. The van der Waals surface area contributed by atoms with Gasteiger partial charge in [0, 0.05) is 0 Å². The minimum absolute atomic E-state index is 0.0176. The average molecular weight is 477 g/mol. The van der Waals surface area contributed by atoms with Gasteiger partial charge in [0.25, 0.3) is 5.56 Å². The van der Waals surface area contributed by atoms with Crippen LogP contribution in [0.25, 0.3) is 11.2 Å². The van der Waals surface area contributed by atoms with Gasteiger partial charge in [-0.3, -0.25) is 18.9 Å². The Morgan fingerprint density at radius 2 is 1.86 bits per heavy atom. The molecule has 1 fully saturated rings. The van der Waals surface area contributed by atoms with Gasteiger partial charge in [0.05, 0.1) is 12.9 Å². The molecule has 2 aromatic heterocycles. The van der Waals surface area contributed by atoms with Gasteiger partial charge in [-0.1, -0.05) is 0 Å². The smallest absolute Gasteiger partial charge is 0.387 e. The lowest BCUT2D eigenvalue weighted by Crippen LogP contribution is -2.33. The highest BCUT2D eigenvalue weighted by Gasteiger charge is 2.45. The van der Waals surface area contributed by atoms with Gasteiger partial charge in [0.2, 0.25) is 5.95 Å². The highest BCUT2D eigenvalue weighted by molar-refractivity contribution is 8.06. The molecule has 0 amide bonds. The van der Waals surface area contributed by atoms with Gasteiger partial charge in [-0.05, 0) is 11.8 Å². The summed E-state index contributed by atoms with van der Waals surface area (Å²) in [5.74, 6) is -0.177. The van der Waals surface area contributed by atoms with Gasteiger partial charge >= 0.3 is 14.5 Å². The summed E-state index contributed by atoms with van der Waals surface area (Å²) in [5, 5.41) is 20.1. The number of ether oxygens (including phenoxy) is 1. The predicted molar refractivity (Wildman–Crippen MR) is 97.4 cm³/mol. The maximum absolute atomic E-state index is 11.7. The van der Waals surface area contributed by atoms with Crippen molar-refractivity contribution < 1.29 is 48.5 Å². The zero-order chi connectivity index (χ0) is 22.1. The number of nitrogens with one attached hydrogen (secondary N) is 1. The highest BCUT2D eigenvalue weighted by Crippen LogP contribution is 2.38. The Morgan fingerprint density at radius 1 is 1.28 bits per heavy atom. The van der Waals surface area contributed by atoms with E-state index in [1.165, 1.54) is 10.9 Å². The van der Waals surface area contributed by atoms with Crippen LogP contribution in [0, 0.1) is 0 Å². The molecule has 29 heavy (non-hydrogen) atoms. The Balaban J connectivity index is 0.000000537. The quantitative estimate of drug-likeness (QED) is 0.194. The lowest BCUT2D eigenvalue weighted by molar-refractivity contribution is -0.0503. The molecule has 1 aliphatic heterocycles. The van der Waals surface area contributed by atoms with E-state index in [0.29, 0.717) is 0 Å². The second-order valence-electron chi connectivity index (χ2n) is 5.62. The number of phosphoric acid groups is 1. The standard InChI is InChI=1S/C10H14N5O8P.H3O3PS/c11-10-13-7-4(8(18)14-10)12-2-15(7)9-6(17)5(16)3(23-9)1-22-24(19,20)21;1-4(2,3)5/h2-3,5-6,9,16-17H,1H2,(H2,19,20,21)(H3,11,13,14,18);(H3,1,2,3,5)/t3-,5-,6-,9-;/m1./s1. The summed E-state index contributed by atoms with van der Waals surface area (Å²) in [6, 6.07) is 0. The molecule has 0 spiro atoms. The molecule has 0 unspecified atom stereocenters. The lowest BCUT2D eigenvalue weighted by atomic mass is 10.1. The molecule has 3 rings (SSSR count). The number of anilines is 1. The average Bonchev–Trinajstić information content (AvgIpc) is 3.06. The molecule has 0 radical (unpaired) electrons. The van der Waals surface area contributed by atoms with Crippen LogP contribution in [0.1, 0.15) is 6.23 Å². The van der Waals surface area contributed by atoms with Crippen LogP contribution in [0.3, 0.4) is 0 Å². The minimum atomic E-state index is -4.76. The number of nitrogens with zero attached hydrogens (tertiary/aromatic N) is 3. The number of fused-ring (bicyclic) bond motifs is 1. The van der Waals surface area contributed by atoms with Crippen molar-refractivity contribution in [3.8, 4) is 0 Å². The molecule has 0 aliphatic carbocycles. The number of phosphoric ester groups is 1. The molecule has 19 heteroatoms. The fraction of sp³-hybridized carbons (Fsp3) is 0.500. The molecular weight excluding hydrogens is 460 g/mol. The van der Waals surface area contributed by atoms with Gasteiger partial charge < -0.3 is 45.2 Å². The summed E-state index contributed by atoms with van der Waals surface area (Å²) in [5.41, 5.74) is 4.84. The zero-order valence-corrected chi connectivity index (χ0v) is 16.7. The van der Waals surface area contributed by atoms with Crippen LogP contribution in [0.15, 0.2) is 11.1 Å². The highest BCUT2D eigenvalue weighted by atomic mass is 32.5. The van der Waals surface area contributed by atoms with Crippen molar-refractivity contribution in [3.63, 3.8) is 0 Å². The predicted octanol–water partition coefficient (Wildman–Crippen LogP) is -3.38. The number of nitrogens with two attached hydrogens (primary N) is 1. The third-order valence-corrected chi connectivity index (χ3v) is 3.95. The fourth-order valence-electron chi connectivity index (χ4n) is 2.40. The molecule has 2 aromatic rings. The van der Waals surface area contributed by atoms with Crippen LogP contribution in [-0.2, 0) is 25.6 Å². The van der Waals surface area contributed by atoms with Crippen molar-refractivity contribution >= 4 is 43.5 Å². The Labute approximate surface area is 165 Å². The van der Waals surface area contributed by atoms with E-state index >= 15 is 0 Å². The van der Waals surface area contributed by atoms with Gasteiger partial charge in [0.1, 0.15) is 18.3 Å². The van der Waals surface area contributed by atoms with E-state index in [-0.39, 0.29) is 17.1 Å². The van der Waals surface area contributed by atoms with E-state index in [0.717, 1.165) is 0 Å². The number of aliphatic hydroxyl groups is 2. The largest absolute Gasteiger partial charge is 0.469 e. The Kier molecular flexibility index (Phi) is 7.27. The van der Waals surface area contributed by atoms with E-state index in [1.807, 2.05) is 0 Å². The van der Waals surface area contributed by atoms with E-state index < -0.39 is 51.2 Å². The van der Waals surface area contributed by atoms with Gasteiger partial charge in [-0.25, -0.2) is 9.55 Å². The molecule has 16 nitrogen and oxygen atoms in total. The van der Waals surface area contributed by atoms with Crippen LogP contribution in [0.5, 0.6) is 0 Å². The van der Waals surface area contributed by atoms with Crippen LogP contribution in [0.2, 0.25) is 0 Å². The molecular formula is C10H17N5O11P2S. The Morgan fingerprint density at radius 3 is 2.41 bits per heavy atom. The third kappa shape index (κ3) is 6.58. The number of nitrogen functional groups attached to an aromatic ring is 1. The maximum Gasteiger partial charge on any atom is 0.469 e. The van der Waals surface area contributed by atoms with Crippen molar-refractivity contribution in [2.24, 2.45) is 0 Å². The van der Waals surface area contributed by atoms with Crippen LogP contribution in [0.4, 0.5) is 5.95 Å². The number of aliphatic hydroxyl groups excluding tert-OH is 2.